The molecule has 0 aliphatic carbocycles. The number of nitrogens with one attached hydrogen (secondary N) is 2. The van der Waals surface area contributed by atoms with Crippen LogP contribution in [0.15, 0.2) is 29.3 Å². The summed E-state index contributed by atoms with van der Waals surface area (Å²) in [7, 11) is 2.16. The van der Waals surface area contributed by atoms with Crippen molar-refractivity contribution in [1.29, 1.82) is 0 Å². The molecule has 0 spiro atoms. The molecule has 0 radical (unpaired) electrons. The molecule has 1 saturated heterocycles. The smallest absolute Gasteiger partial charge is 0.191 e. The van der Waals surface area contributed by atoms with Crippen LogP contribution in [0.1, 0.15) is 26.7 Å². The molecule has 0 saturated carbocycles. The maximum Gasteiger partial charge on any atom is 0.191 e. The van der Waals surface area contributed by atoms with Gasteiger partial charge in [0, 0.05) is 19.1 Å². The van der Waals surface area contributed by atoms with E-state index in [0.717, 1.165) is 25.6 Å². The Labute approximate surface area is 144 Å². The van der Waals surface area contributed by atoms with Crippen molar-refractivity contribution < 1.29 is 9.13 Å². The molecule has 1 aliphatic heterocycles. The van der Waals surface area contributed by atoms with Crippen LogP contribution in [0.4, 0.5) is 4.39 Å². The predicted molar refractivity (Wildman–Crippen MR) is 96.1 cm³/mol. The fourth-order valence-electron chi connectivity index (χ4n) is 2.81. The second kappa shape index (κ2) is 9.47. The van der Waals surface area contributed by atoms with Crippen molar-refractivity contribution in [3.05, 3.63) is 30.1 Å². The van der Waals surface area contributed by atoms with Crippen LogP contribution in [0.5, 0.6) is 5.75 Å². The minimum absolute atomic E-state index is 0.202. The lowest BCUT2D eigenvalue weighted by Gasteiger charge is -2.21. The van der Waals surface area contributed by atoms with E-state index in [0.29, 0.717) is 12.6 Å². The number of guanidine groups is 1. The molecular weight excluding hydrogens is 307 g/mol. The summed E-state index contributed by atoms with van der Waals surface area (Å²) in [6.45, 7) is 7.24. The van der Waals surface area contributed by atoms with Crippen LogP contribution >= 0.6 is 0 Å². The Morgan fingerprint density at radius 3 is 2.88 bits per heavy atom. The van der Waals surface area contributed by atoms with Crippen molar-refractivity contribution in [2.45, 2.75) is 38.8 Å². The van der Waals surface area contributed by atoms with Crippen molar-refractivity contribution in [3.63, 3.8) is 0 Å². The minimum Gasteiger partial charge on any atom is -0.486 e. The maximum atomic E-state index is 13.6. The van der Waals surface area contributed by atoms with E-state index >= 15 is 0 Å². The van der Waals surface area contributed by atoms with Crippen molar-refractivity contribution in [1.82, 2.24) is 15.5 Å². The van der Waals surface area contributed by atoms with Gasteiger partial charge in [0.2, 0.25) is 0 Å². The van der Waals surface area contributed by atoms with Crippen LogP contribution < -0.4 is 15.4 Å². The number of aliphatic imine (C=N–C) groups is 1. The van der Waals surface area contributed by atoms with Gasteiger partial charge < -0.3 is 20.3 Å². The zero-order valence-corrected chi connectivity index (χ0v) is 14.9. The molecule has 0 bridgehead atoms. The van der Waals surface area contributed by atoms with E-state index in [4.69, 9.17) is 4.74 Å². The van der Waals surface area contributed by atoms with Gasteiger partial charge in [0.05, 0.1) is 6.54 Å². The Balaban J connectivity index is 1.84. The first kappa shape index (κ1) is 18.5. The number of hydrogen-bond donors (Lipinski definition) is 2. The third-order valence-corrected chi connectivity index (χ3v) is 4.19. The number of likely N-dealkylation sites (N-methyl/N-ethyl adjacent to an activating group) is 1. The molecule has 2 rings (SSSR count). The lowest BCUT2D eigenvalue weighted by Crippen LogP contribution is -2.44. The molecule has 24 heavy (non-hydrogen) atoms. The zero-order valence-electron chi connectivity index (χ0n) is 14.9. The summed E-state index contributed by atoms with van der Waals surface area (Å²) in [6, 6.07) is 7.00. The van der Waals surface area contributed by atoms with Crippen LogP contribution in [-0.4, -0.2) is 56.2 Å². The highest BCUT2D eigenvalue weighted by Gasteiger charge is 2.20. The monoisotopic (exact) mass is 336 g/mol. The molecule has 2 atom stereocenters. The molecule has 1 aliphatic rings. The summed E-state index contributed by atoms with van der Waals surface area (Å²) < 4.78 is 19.2. The fourth-order valence-corrected chi connectivity index (χ4v) is 2.81. The first-order valence-corrected chi connectivity index (χ1v) is 8.73. The summed E-state index contributed by atoms with van der Waals surface area (Å²) in [5.74, 6) is 0.704. The highest BCUT2D eigenvalue weighted by atomic mass is 19.1. The Hall–Kier alpha value is -1.82. The molecule has 1 fully saturated rings. The van der Waals surface area contributed by atoms with E-state index in [1.807, 2.05) is 13.8 Å². The van der Waals surface area contributed by atoms with E-state index in [-0.39, 0.29) is 17.7 Å². The average Bonchev–Trinajstić information content (AvgIpc) is 2.97. The van der Waals surface area contributed by atoms with Crippen LogP contribution in [0.3, 0.4) is 0 Å². The van der Waals surface area contributed by atoms with Crippen LogP contribution in [0.2, 0.25) is 0 Å². The average molecular weight is 336 g/mol. The van der Waals surface area contributed by atoms with Gasteiger partial charge in [-0.25, -0.2) is 9.38 Å². The Morgan fingerprint density at radius 2 is 2.21 bits per heavy atom. The second-order valence-corrected chi connectivity index (χ2v) is 6.24. The van der Waals surface area contributed by atoms with Gasteiger partial charge in [-0.05, 0) is 52.4 Å². The highest BCUT2D eigenvalue weighted by molar-refractivity contribution is 5.79. The van der Waals surface area contributed by atoms with Gasteiger partial charge in [0.15, 0.2) is 17.5 Å². The number of para-hydroxylation sites is 1. The molecule has 6 heteroatoms. The quantitative estimate of drug-likeness (QED) is 0.592. The van der Waals surface area contributed by atoms with Crippen molar-refractivity contribution in [3.8, 4) is 5.75 Å². The third-order valence-electron chi connectivity index (χ3n) is 4.19. The predicted octanol–water partition coefficient (Wildman–Crippen LogP) is 2.24. The Kier molecular flexibility index (Phi) is 7.31. The lowest BCUT2D eigenvalue weighted by molar-refractivity contribution is 0.220. The van der Waals surface area contributed by atoms with Crippen LogP contribution in [-0.2, 0) is 0 Å². The Bertz CT molecular complexity index is 538. The molecule has 0 aromatic heterocycles. The van der Waals surface area contributed by atoms with E-state index in [1.165, 1.54) is 18.9 Å². The van der Waals surface area contributed by atoms with Crippen LogP contribution in [0, 0.1) is 5.82 Å². The van der Waals surface area contributed by atoms with Crippen LogP contribution in [0.25, 0.3) is 0 Å². The van der Waals surface area contributed by atoms with E-state index in [9.17, 15) is 4.39 Å². The number of benzene rings is 1. The number of hydrogen-bond acceptors (Lipinski definition) is 3. The second-order valence-electron chi connectivity index (χ2n) is 6.24. The van der Waals surface area contributed by atoms with Gasteiger partial charge in [-0.3, -0.25) is 0 Å². The molecule has 134 valence electrons. The van der Waals surface area contributed by atoms with Gasteiger partial charge in [-0.2, -0.15) is 0 Å². The largest absolute Gasteiger partial charge is 0.486 e. The topological polar surface area (TPSA) is 48.9 Å². The number of nitrogens with zero attached hydrogens (tertiary/aromatic N) is 2. The van der Waals surface area contributed by atoms with Gasteiger partial charge in [-0.1, -0.05) is 12.1 Å². The first-order valence-electron chi connectivity index (χ1n) is 8.73. The van der Waals surface area contributed by atoms with Crippen molar-refractivity contribution in [2.24, 2.45) is 4.99 Å². The first-order chi connectivity index (χ1) is 11.6. The minimum atomic E-state index is -0.345. The zero-order chi connectivity index (χ0) is 17.4. The lowest BCUT2D eigenvalue weighted by atomic mass is 10.2. The van der Waals surface area contributed by atoms with E-state index in [1.54, 1.807) is 18.2 Å². The van der Waals surface area contributed by atoms with Crippen molar-refractivity contribution >= 4 is 5.96 Å². The number of rotatable bonds is 7. The number of ether oxygens (including phenoxy) is 1. The SMILES string of the molecule is CCNC(=NCC(C)Oc1ccccc1F)NCC1CCCN1C. The molecule has 1 heterocycles. The normalized spacial score (nSPS) is 20.0. The molecule has 1 aromatic carbocycles. The molecule has 0 amide bonds. The number of likely N-dealkylation sites (tertiary alicyclic amines) is 1. The van der Waals surface area contributed by atoms with E-state index in [2.05, 4.69) is 27.6 Å². The summed E-state index contributed by atoms with van der Waals surface area (Å²) in [6.07, 6.45) is 2.27. The maximum absolute atomic E-state index is 13.6. The van der Waals surface area contributed by atoms with Gasteiger partial charge >= 0.3 is 0 Å². The Morgan fingerprint density at radius 1 is 1.42 bits per heavy atom. The fraction of sp³-hybridized carbons (Fsp3) is 0.611. The molecule has 2 unspecified atom stereocenters. The molecular formula is C18H29FN4O. The summed E-state index contributed by atoms with van der Waals surface area (Å²) in [5, 5.41) is 6.63. The highest BCUT2D eigenvalue weighted by Crippen LogP contribution is 2.17. The number of halogens is 1. The van der Waals surface area contributed by atoms with Gasteiger partial charge in [0.25, 0.3) is 0 Å². The van der Waals surface area contributed by atoms with E-state index < -0.39 is 0 Å². The van der Waals surface area contributed by atoms with Crippen molar-refractivity contribution in [2.75, 3.05) is 33.2 Å². The molecule has 1 aromatic rings. The summed E-state index contributed by atoms with van der Waals surface area (Å²) >= 11 is 0. The standard InChI is InChI=1S/C18H29FN4O/c1-4-20-18(22-13-15-8-7-11-23(15)3)21-12-14(2)24-17-10-6-5-9-16(17)19/h5-6,9-10,14-15H,4,7-8,11-13H2,1-3H3,(H2,20,21,22). The van der Waals surface area contributed by atoms with Gasteiger partial charge in [0.1, 0.15) is 6.10 Å². The summed E-state index contributed by atoms with van der Waals surface area (Å²) in [5.41, 5.74) is 0. The van der Waals surface area contributed by atoms with Gasteiger partial charge in [-0.15, -0.1) is 0 Å². The summed E-state index contributed by atoms with van der Waals surface area (Å²) in [4.78, 5) is 6.93. The molecule has 5 nitrogen and oxygen atoms in total. The molecule has 2 N–H and O–H groups in total. The third kappa shape index (κ3) is 5.67.